The topological polar surface area (TPSA) is 29.1 Å². The van der Waals surface area contributed by atoms with E-state index in [2.05, 4.69) is 11.4 Å². The molecule has 0 heterocycles. The van der Waals surface area contributed by atoms with E-state index >= 15 is 0 Å². The fourth-order valence-electron chi connectivity index (χ4n) is 2.16. The van der Waals surface area contributed by atoms with Gasteiger partial charge in [0.15, 0.2) is 0 Å². The molecule has 0 saturated carbocycles. The minimum absolute atomic E-state index is 0.0295. The molecule has 5 heteroatoms. The molecule has 0 spiro atoms. The van der Waals surface area contributed by atoms with E-state index in [4.69, 9.17) is 23.2 Å². The smallest absolute Gasteiger partial charge is 0.234 e. The Balaban J connectivity index is 1.88. The fraction of sp³-hybridized carbons (Fsp3) is 0.235. The number of halogens is 2. The van der Waals surface area contributed by atoms with Crippen LogP contribution in [0.1, 0.15) is 16.7 Å². The monoisotopic (exact) mass is 353 g/mol. The van der Waals surface area contributed by atoms with Gasteiger partial charge in [-0.2, -0.15) is 0 Å². The van der Waals surface area contributed by atoms with Crippen molar-refractivity contribution < 1.29 is 4.79 Å². The van der Waals surface area contributed by atoms with Gasteiger partial charge in [0.25, 0.3) is 0 Å². The SMILES string of the molecule is Cc1cc(C)cc(NC(=O)CSCc2c(Cl)cccc2Cl)c1. The normalized spacial score (nSPS) is 10.5. The Labute approximate surface area is 145 Å². The molecule has 2 aromatic carbocycles. The molecule has 0 unspecified atom stereocenters. The summed E-state index contributed by atoms with van der Waals surface area (Å²) >= 11 is 13.7. The van der Waals surface area contributed by atoms with Crippen molar-refractivity contribution in [1.29, 1.82) is 0 Å². The van der Waals surface area contributed by atoms with Crippen molar-refractivity contribution >= 4 is 46.6 Å². The number of thioether (sulfide) groups is 1. The molecule has 1 N–H and O–H groups in total. The van der Waals surface area contributed by atoms with Crippen LogP contribution < -0.4 is 5.32 Å². The lowest BCUT2D eigenvalue weighted by atomic mass is 10.1. The summed E-state index contributed by atoms with van der Waals surface area (Å²) in [5.74, 6) is 0.936. The van der Waals surface area contributed by atoms with Gasteiger partial charge in [-0.3, -0.25) is 4.79 Å². The van der Waals surface area contributed by atoms with Gasteiger partial charge in [-0.15, -0.1) is 11.8 Å². The first-order chi connectivity index (χ1) is 10.5. The summed E-state index contributed by atoms with van der Waals surface area (Å²) in [6.07, 6.45) is 0. The molecule has 0 aliphatic carbocycles. The Bertz CT molecular complexity index is 648. The lowest BCUT2D eigenvalue weighted by Crippen LogP contribution is -2.14. The number of benzene rings is 2. The number of hydrogen-bond acceptors (Lipinski definition) is 2. The molecule has 0 aliphatic rings. The van der Waals surface area contributed by atoms with Crippen LogP contribution in [0, 0.1) is 13.8 Å². The highest BCUT2D eigenvalue weighted by atomic mass is 35.5. The van der Waals surface area contributed by atoms with Crippen molar-refractivity contribution in [2.24, 2.45) is 0 Å². The molecule has 0 aliphatic heterocycles. The Hall–Kier alpha value is -1.16. The van der Waals surface area contributed by atoms with Crippen LogP contribution in [0.2, 0.25) is 10.0 Å². The highest BCUT2D eigenvalue weighted by Gasteiger charge is 2.08. The van der Waals surface area contributed by atoms with Gasteiger partial charge in [-0.25, -0.2) is 0 Å². The standard InChI is InChI=1S/C17H17Cl2NOS/c1-11-6-12(2)8-13(7-11)20-17(21)10-22-9-14-15(18)4-3-5-16(14)19/h3-8H,9-10H2,1-2H3,(H,20,21). The summed E-state index contributed by atoms with van der Waals surface area (Å²) in [5, 5.41) is 4.18. The van der Waals surface area contributed by atoms with Crippen molar-refractivity contribution in [3.63, 3.8) is 0 Å². The molecule has 0 fully saturated rings. The average Bonchev–Trinajstić information content (AvgIpc) is 2.41. The lowest BCUT2D eigenvalue weighted by Gasteiger charge is -2.09. The van der Waals surface area contributed by atoms with Gasteiger partial charge in [-0.05, 0) is 54.8 Å². The Morgan fingerprint density at radius 1 is 1.09 bits per heavy atom. The molecular formula is C17H17Cl2NOS. The Morgan fingerprint density at radius 2 is 1.68 bits per heavy atom. The predicted molar refractivity (Wildman–Crippen MR) is 97.2 cm³/mol. The van der Waals surface area contributed by atoms with E-state index in [1.807, 2.05) is 32.0 Å². The number of aryl methyl sites for hydroxylation is 2. The summed E-state index contributed by atoms with van der Waals surface area (Å²) in [6.45, 7) is 4.02. The van der Waals surface area contributed by atoms with Crippen LogP contribution in [0.4, 0.5) is 5.69 Å². The van der Waals surface area contributed by atoms with E-state index in [1.54, 1.807) is 12.1 Å². The number of carbonyl (C=O) groups is 1. The molecule has 0 bridgehead atoms. The largest absolute Gasteiger partial charge is 0.325 e. The minimum atomic E-state index is -0.0295. The molecule has 0 atom stereocenters. The first-order valence-corrected chi connectivity index (χ1v) is 8.75. The van der Waals surface area contributed by atoms with Crippen molar-refractivity contribution in [2.75, 3.05) is 11.1 Å². The quantitative estimate of drug-likeness (QED) is 0.770. The molecule has 22 heavy (non-hydrogen) atoms. The van der Waals surface area contributed by atoms with Gasteiger partial charge >= 0.3 is 0 Å². The molecule has 2 nitrogen and oxygen atoms in total. The van der Waals surface area contributed by atoms with Crippen LogP contribution in [0.5, 0.6) is 0 Å². The number of carbonyl (C=O) groups excluding carboxylic acids is 1. The molecule has 116 valence electrons. The highest BCUT2D eigenvalue weighted by Crippen LogP contribution is 2.28. The Kier molecular flexibility index (Phi) is 6.18. The fourth-order valence-corrected chi connectivity index (χ4v) is 3.72. The average molecular weight is 354 g/mol. The minimum Gasteiger partial charge on any atom is -0.325 e. The first-order valence-electron chi connectivity index (χ1n) is 6.84. The van der Waals surface area contributed by atoms with Gasteiger partial charge in [-0.1, -0.05) is 35.3 Å². The van der Waals surface area contributed by atoms with Crippen LogP contribution in [0.15, 0.2) is 36.4 Å². The van der Waals surface area contributed by atoms with Crippen LogP contribution in [-0.4, -0.2) is 11.7 Å². The van der Waals surface area contributed by atoms with Gasteiger partial charge in [0, 0.05) is 21.5 Å². The molecular weight excluding hydrogens is 337 g/mol. The van der Waals surface area contributed by atoms with Crippen molar-refractivity contribution in [3.8, 4) is 0 Å². The summed E-state index contributed by atoms with van der Waals surface area (Å²) in [4.78, 5) is 12.0. The molecule has 2 aromatic rings. The zero-order chi connectivity index (χ0) is 16.1. The van der Waals surface area contributed by atoms with E-state index in [-0.39, 0.29) is 5.91 Å². The predicted octanol–water partition coefficient (Wildman–Crippen LogP) is 5.48. The van der Waals surface area contributed by atoms with E-state index < -0.39 is 0 Å². The van der Waals surface area contributed by atoms with Crippen molar-refractivity contribution in [2.45, 2.75) is 19.6 Å². The van der Waals surface area contributed by atoms with E-state index in [1.165, 1.54) is 11.8 Å². The maximum Gasteiger partial charge on any atom is 0.234 e. The molecule has 1 amide bonds. The second-order valence-corrected chi connectivity index (χ2v) is 6.92. The van der Waals surface area contributed by atoms with Crippen LogP contribution in [0.25, 0.3) is 0 Å². The molecule has 0 aromatic heterocycles. The van der Waals surface area contributed by atoms with Gasteiger partial charge in [0.05, 0.1) is 5.75 Å². The van der Waals surface area contributed by atoms with Crippen LogP contribution >= 0.6 is 35.0 Å². The second-order valence-electron chi connectivity index (χ2n) is 5.12. The maximum atomic E-state index is 12.0. The third kappa shape index (κ3) is 4.94. The number of hydrogen-bond donors (Lipinski definition) is 1. The van der Waals surface area contributed by atoms with Crippen molar-refractivity contribution in [1.82, 2.24) is 0 Å². The van der Waals surface area contributed by atoms with Crippen molar-refractivity contribution in [3.05, 3.63) is 63.1 Å². The van der Waals surface area contributed by atoms with E-state index in [0.29, 0.717) is 21.6 Å². The summed E-state index contributed by atoms with van der Waals surface area (Å²) in [5.41, 5.74) is 3.96. The second kappa shape index (κ2) is 7.91. The first kappa shape index (κ1) is 17.2. The highest BCUT2D eigenvalue weighted by molar-refractivity contribution is 7.99. The summed E-state index contributed by atoms with van der Waals surface area (Å²) < 4.78 is 0. The third-order valence-electron chi connectivity index (χ3n) is 3.05. The number of rotatable bonds is 5. The number of nitrogens with one attached hydrogen (secondary N) is 1. The molecule has 2 rings (SSSR count). The van der Waals surface area contributed by atoms with Crippen LogP contribution in [0.3, 0.4) is 0 Å². The van der Waals surface area contributed by atoms with E-state index in [9.17, 15) is 4.79 Å². The lowest BCUT2D eigenvalue weighted by molar-refractivity contribution is -0.113. The van der Waals surface area contributed by atoms with Gasteiger partial charge in [0.2, 0.25) is 5.91 Å². The zero-order valence-corrected chi connectivity index (χ0v) is 14.8. The van der Waals surface area contributed by atoms with E-state index in [0.717, 1.165) is 22.4 Å². The van der Waals surface area contributed by atoms with Crippen LogP contribution in [-0.2, 0) is 10.5 Å². The zero-order valence-electron chi connectivity index (χ0n) is 12.5. The molecule has 0 radical (unpaired) electrons. The van der Waals surface area contributed by atoms with Gasteiger partial charge < -0.3 is 5.32 Å². The maximum absolute atomic E-state index is 12.0. The summed E-state index contributed by atoms with van der Waals surface area (Å²) in [6, 6.07) is 11.4. The number of amides is 1. The summed E-state index contributed by atoms with van der Waals surface area (Å²) in [7, 11) is 0. The third-order valence-corrected chi connectivity index (χ3v) is 4.71. The number of anilines is 1. The molecule has 0 saturated heterocycles. The Morgan fingerprint density at radius 3 is 2.27 bits per heavy atom. The van der Waals surface area contributed by atoms with Gasteiger partial charge in [0.1, 0.15) is 0 Å².